The number of nitrogens with two attached hydrogens (primary N) is 2. The van der Waals surface area contributed by atoms with Gasteiger partial charge in [0.25, 0.3) is 0 Å². The maximum atomic E-state index is 15.4. The van der Waals surface area contributed by atoms with E-state index in [0.29, 0.717) is 27.9 Å². The predicted octanol–water partition coefficient (Wildman–Crippen LogP) is 5.29. The van der Waals surface area contributed by atoms with Crippen molar-refractivity contribution >= 4 is 16.6 Å². The Morgan fingerprint density at radius 2 is 1.74 bits per heavy atom. The number of rotatable bonds is 8. The van der Waals surface area contributed by atoms with E-state index in [1.54, 1.807) is 25.1 Å². The number of aryl methyl sites for hydroxylation is 1. The van der Waals surface area contributed by atoms with E-state index < -0.39 is 52.8 Å². The van der Waals surface area contributed by atoms with Gasteiger partial charge in [0.05, 0.1) is 36.3 Å². The number of benzene rings is 2. The van der Waals surface area contributed by atoms with Gasteiger partial charge in [-0.05, 0) is 69.3 Å². The second-order valence-corrected chi connectivity index (χ2v) is 10.3. The van der Waals surface area contributed by atoms with E-state index in [2.05, 4.69) is 15.2 Å². The number of aliphatic hydroxyl groups is 1. The summed E-state index contributed by atoms with van der Waals surface area (Å²) < 4.78 is 77.6. The Bertz CT molecular complexity index is 1640. The van der Waals surface area contributed by atoms with Crippen molar-refractivity contribution in [3.05, 3.63) is 88.9 Å². The van der Waals surface area contributed by atoms with Gasteiger partial charge < -0.3 is 20.6 Å². The molecule has 222 valence electrons. The quantitative estimate of drug-likeness (QED) is 0.144. The maximum Gasteiger partial charge on any atom is 0.399 e. The van der Waals surface area contributed by atoms with Crippen LogP contribution in [0.3, 0.4) is 0 Å². The van der Waals surface area contributed by atoms with E-state index in [1.807, 2.05) is 0 Å². The first-order chi connectivity index (χ1) is 19.6. The summed E-state index contributed by atoms with van der Waals surface area (Å²) in [5.74, 6) is 2.38. The number of halogens is 5. The number of hydrogen-bond acceptors (Lipinski definition) is 8. The molecule has 0 amide bonds. The number of methoxy groups -OCH3 is 1. The second kappa shape index (κ2) is 11.5. The van der Waals surface area contributed by atoms with Crippen LogP contribution in [0.25, 0.3) is 27.9 Å². The Kier molecular flexibility index (Phi) is 8.37. The van der Waals surface area contributed by atoms with Crippen molar-refractivity contribution in [2.75, 3.05) is 13.7 Å². The molecule has 0 saturated carbocycles. The molecule has 2 aromatic heterocycles. The molecule has 0 radical (unpaired) electrons. The van der Waals surface area contributed by atoms with Crippen molar-refractivity contribution in [2.45, 2.75) is 38.5 Å². The van der Waals surface area contributed by atoms with Crippen LogP contribution in [0.5, 0.6) is 5.75 Å². The lowest BCUT2D eigenvalue weighted by atomic mass is 9.92. The zero-order valence-corrected chi connectivity index (χ0v) is 23.2. The van der Waals surface area contributed by atoms with E-state index in [9.17, 15) is 22.7 Å². The summed E-state index contributed by atoms with van der Waals surface area (Å²) in [7, 11) is 1.43. The molecule has 0 aliphatic rings. The second-order valence-electron chi connectivity index (χ2n) is 10.3. The lowest BCUT2D eigenvalue weighted by Crippen LogP contribution is -2.37. The van der Waals surface area contributed by atoms with Gasteiger partial charge in [-0.2, -0.15) is 18.3 Å². The maximum absolute atomic E-state index is 15.4. The zero-order chi connectivity index (χ0) is 31.0. The Hall–Kier alpha value is -4.36. The van der Waals surface area contributed by atoms with Crippen molar-refractivity contribution in [3.8, 4) is 17.0 Å². The molecule has 0 bridgehead atoms. The van der Waals surface area contributed by atoms with Gasteiger partial charge in [-0.25, -0.2) is 19.6 Å². The van der Waals surface area contributed by atoms with Crippen molar-refractivity contribution in [2.24, 2.45) is 11.6 Å². The third-order valence-corrected chi connectivity index (χ3v) is 6.53. The third kappa shape index (κ3) is 6.58. The van der Waals surface area contributed by atoms with Gasteiger partial charge in [-0.1, -0.05) is 0 Å². The summed E-state index contributed by atoms with van der Waals surface area (Å²) in [4.78, 5) is 3.98. The molecule has 4 aromatic rings. The van der Waals surface area contributed by atoms with E-state index >= 15 is 4.39 Å². The average molecular weight is 589 g/mol. The number of nitrogens with zero attached hydrogens (tertiary/aromatic N) is 4. The summed E-state index contributed by atoms with van der Waals surface area (Å²) in [6.07, 6.45) is -3.76. The van der Waals surface area contributed by atoms with Crippen molar-refractivity contribution < 1.29 is 31.8 Å². The molecule has 0 aliphatic heterocycles. The fourth-order valence-corrected chi connectivity index (χ4v) is 4.40. The minimum Gasteiger partial charge on any atom is -0.494 e. The van der Waals surface area contributed by atoms with Crippen molar-refractivity contribution in [1.82, 2.24) is 20.2 Å². The molecule has 8 nitrogen and oxygen atoms in total. The SMILES string of the molecule is COc1cc(/C(N)=C/N(N)CC(c2cc(C(C)(C)O)c(F)c(-c3ccc(F)cc3)n2)C(F)(F)F)cc2cc(C)nnc12. The molecular weight excluding hydrogens is 559 g/mol. The van der Waals surface area contributed by atoms with Gasteiger partial charge in [-0.3, -0.25) is 0 Å². The Morgan fingerprint density at radius 3 is 2.33 bits per heavy atom. The van der Waals surface area contributed by atoms with Crippen LogP contribution in [-0.2, 0) is 5.60 Å². The van der Waals surface area contributed by atoms with Crippen LogP contribution in [0.2, 0.25) is 0 Å². The Balaban J connectivity index is 1.75. The van der Waals surface area contributed by atoms with E-state index in [0.717, 1.165) is 29.4 Å². The van der Waals surface area contributed by atoms with Gasteiger partial charge in [0.1, 0.15) is 28.7 Å². The molecule has 0 aliphatic carbocycles. The normalized spacial score (nSPS) is 13.4. The van der Waals surface area contributed by atoms with Gasteiger partial charge in [-0.15, -0.1) is 5.10 Å². The fourth-order valence-electron chi connectivity index (χ4n) is 4.40. The van der Waals surface area contributed by atoms with Crippen LogP contribution in [0, 0.1) is 18.6 Å². The van der Waals surface area contributed by atoms with Crippen molar-refractivity contribution in [3.63, 3.8) is 0 Å². The molecule has 13 heteroatoms. The molecule has 1 atom stereocenters. The van der Waals surface area contributed by atoms with Gasteiger partial charge in [0.15, 0.2) is 5.82 Å². The molecule has 1 unspecified atom stereocenters. The van der Waals surface area contributed by atoms with Gasteiger partial charge in [0, 0.05) is 28.3 Å². The summed E-state index contributed by atoms with van der Waals surface area (Å²) in [6.45, 7) is 3.36. The Morgan fingerprint density at radius 1 is 1.07 bits per heavy atom. The molecule has 4 rings (SSSR count). The lowest BCUT2D eigenvalue weighted by molar-refractivity contribution is -0.154. The van der Waals surface area contributed by atoms with E-state index in [-0.39, 0.29) is 11.3 Å². The summed E-state index contributed by atoms with van der Waals surface area (Å²) in [5, 5.41) is 20.1. The average Bonchev–Trinajstić information content (AvgIpc) is 2.90. The minimum atomic E-state index is -4.88. The van der Waals surface area contributed by atoms with Crippen molar-refractivity contribution in [1.29, 1.82) is 0 Å². The number of hydrazine groups is 1. The Labute approximate surface area is 238 Å². The monoisotopic (exact) mass is 588 g/mol. The highest BCUT2D eigenvalue weighted by Crippen LogP contribution is 2.39. The molecule has 2 aromatic carbocycles. The first-order valence-electron chi connectivity index (χ1n) is 12.7. The summed E-state index contributed by atoms with van der Waals surface area (Å²) >= 11 is 0. The first-order valence-corrected chi connectivity index (χ1v) is 12.7. The van der Waals surface area contributed by atoms with E-state index in [4.69, 9.17) is 16.3 Å². The highest BCUT2D eigenvalue weighted by molar-refractivity contribution is 5.88. The number of pyridine rings is 1. The molecule has 5 N–H and O–H groups in total. The predicted molar refractivity (Wildman–Crippen MR) is 148 cm³/mol. The molecule has 0 saturated heterocycles. The molecular formula is C29H29F5N6O2. The van der Waals surface area contributed by atoms with Crippen LogP contribution >= 0.6 is 0 Å². The number of alkyl halides is 3. The van der Waals surface area contributed by atoms with E-state index in [1.165, 1.54) is 33.1 Å². The zero-order valence-electron chi connectivity index (χ0n) is 23.2. The highest BCUT2D eigenvalue weighted by atomic mass is 19.4. The number of fused-ring (bicyclic) bond motifs is 1. The smallest absolute Gasteiger partial charge is 0.399 e. The highest BCUT2D eigenvalue weighted by Gasteiger charge is 2.43. The lowest BCUT2D eigenvalue weighted by Gasteiger charge is -2.27. The molecule has 0 spiro atoms. The van der Waals surface area contributed by atoms with Crippen LogP contribution in [0.15, 0.2) is 54.7 Å². The minimum absolute atomic E-state index is 0.0288. The summed E-state index contributed by atoms with van der Waals surface area (Å²) in [5.41, 5.74) is 4.46. The standard InChI is InChI=1S/C29H29F5N6O2/c1-15-9-18-10-17(11-24(42-4)26(18)39-38-15)22(35)14-40(36)13-21(29(32,33)34)23-12-20(28(2,3)41)25(31)27(37-23)16-5-7-19(30)8-6-16/h5-12,14,21,41H,13,35-36H2,1-4H3/b22-14-. The number of ether oxygens (including phenoxy) is 1. The largest absolute Gasteiger partial charge is 0.494 e. The molecule has 2 heterocycles. The fraction of sp³-hybridized carbons (Fsp3) is 0.276. The molecule has 42 heavy (non-hydrogen) atoms. The van der Waals surface area contributed by atoms with Crippen LogP contribution in [0.1, 0.15) is 42.3 Å². The molecule has 0 fully saturated rings. The first kappa shape index (κ1) is 30.6. The summed E-state index contributed by atoms with van der Waals surface area (Å²) in [6, 6.07) is 10.3. The number of hydrogen-bond donors (Lipinski definition) is 3. The third-order valence-electron chi connectivity index (χ3n) is 6.53. The van der Waals surface area contributed by atoms with Gasteiger partial charge >= 0.3 is 6.18 Å². The van der Waals surface area contributed by atoms with Crippen LogP contribution in [-0.4, -0.2) is 45.1 Å². The topological polar surface area (TPSA) is 123 Å². The van der Waals surface area contributed by atoms with Gasteiger partial charge in [0.2, 0.25) is 0 Å². The number of aromatic nitrogens is 3. The van der Waals surface area contributed by atoms with Crippen LogP contribution in [0.4, 0.5) is 22.0 Å². The van der Waals surface area contributed by atoms with Crippen LogP contribution < -0.4 is 16.3 Å².